The van der Waals surface area contributed by atoms with E-state index in [1.165, 1.54) is 12.4 Å². The second-order valence-corrected chi connectivity index (χ2v) is 4.96. The van der Waals surface area contributed by atoms with Gasteiger partial charge in [0.25, 0.3) is 0 Å². The molecule has 5 nitrogen and oxygen atoms in total. The second kappa shape index (κ2) is 4.70. The van der Waals surface area contributed by atoms with Crippen molar-refractivity contribution in [3.8, 4) is 0 Å². The molecular formula is C14H15FN4O. The topological polar surface area (TPSA) is 49.3 Å². The number of likely N-dealkylation sites (N-methyl/N-ethyl adjacent to an activating group) is 1. The van der Waals surface area contributed by atoms with Crippen LogP contribution in [0.1, 0.15) is 6.92 Å². The van der Waals surface area contributed by atoms with Crippen LogP contribution in [0.2, 0.25) is 0 Å². The maximum absolute atomic E-state index is 13.8. The number of hydrogen-bond donors (Lipinski definition) is 0. The molecule has 2 heterocycles. The minimum absolute atomic E-state index is 0.0411. The minimum Gasteiger partial charge on any atom is -0.342 e. The summed E-state index contributed by atoms with van der Waals surface area (Å²) >= 11 is 0. The van der Waals surface area contributed by atoms with E-state index >= 15 is 0 Å². The molecule has 0 N–H and O–H groups in total. The molecule has 1 aliphatic rings. The third-order valence-electron chi connectivity index (χ3n) is 3.74. The highest BCUT2D eigenvalue weighted by Gasteiger charge is 2.31. The lowest BCUT2D eigenvalue weighted by atomic mass is 10.1. The van der Waals surface area contributed by atoms with Gasteiger partial charge in [0, 0.05) is 25.5 Å². The quantitative estimate of drug-likeness (QED) is 0.789. The van der Waals surface area contributed by atoms with Crippen molar-refractivity contribution in [1.29, 1.82) is 0 Å². The van der Waals surface area contributed by atoms with E-state index in [1.807, 2.05) is 11.8 Å². The van der Waals surface area contributed by atoms with Crippen LogP contribution in [0.5, 0.6) is 0 Å². The van der Waals surface area contributed by atoms with Crippen molar-refractivity contribution in [3.63, 3.8) is 0 Å². The summed E-state index contributed by atoms with van der Waals surface area (Å²) in [6.07, 6.45) is 1.34. The van der Waals surface area contributed by atoms with Gasteiger partial charge >= 0.3 is 0 Å². The van der Waals surface area contributed by atoms with Crippen LogP contribution in [0.25, 0.3) is 10.9 Å². The van der Waals surface area contributed by atoms with Crippen LogP contribution in [0.4, 0.5) is 10.2 Å². The van der Waals surface area contributed by atoms with Crippen LogP contribution in [-0.4, -0.2) is 47.0 Å². The number of amides is 1. The van der Waals surface area contributed by atoms with E-state index in [2.05, 4.69) is 9.97 Å². The summed E-state index contributed by atoms with van der Waals surface area (Å²) < 4.78 is 13.8. The fraction of sp³-hybridized carbons (Fsp3) is 0.357. The Morgan fingerprint density at radius 1 is 1.30 bits per heavy atom. The Balaban J connectivity index is 2.11. The van der Waals surface area contributed by atoms with Crippen LogP contribution < -0.4 is 4.90 Å². The number of anilines is 1. The number of carbonyl (C=O) groups is 1. The molecule has 1 amide bonds. The van der Waals surface area contributed by atoms with E-state index < -0.39 is 0 Å². The minimum atomic E-state index is -0.376. The van der Waals surface area contributed by atoms with Crippen molar-refractivity contribution in [2.45, 2.75) is 13.0 Å². The molecule has 1 unspecified atom stereocenters. The summed E-state index contributed by atoms with van der Waals surface area (Å²) in [5, 5.41) is 0.636. The number of benzene rings is 1. The predicted molar refractivity (Wildman–Crippen MR) is 73.9 cm³/mol. The summed E-state index contributed by atoms with van der Waals surface area (Å²) in [4.78, 5) is 23.9. The summed E-state index contributed by atoms with van der Waals surface area (Å²) in [7, 11) is 1.79. The molecule has 2 aromatic rings. The van der Waals surface area contributed by atoms with E-state index in [-0.39, 0.29) is 23.3 Å². The molecule has 104 valence electrons. The van der Waals surface area contributed by atoms with Crippen molar-refractivity contribution in [2.24, 2.45) is 0 Å². The van der Waals surface area contributed by atoms with E-state index in [0.29, 0.717) is 24.3 Å². The molecule has 20 heavy (non-hydrogen) atoms. The molecule has 1 fully saturated rings. The molecule has 0 saturated carbocycles. The Bertz CT molecular complexity index is 675. The highest BCUT2D eigenvalue weighted by Crippen LogP contribution is 2.27. The summed E-state index contributed by atoms with van der Waals surface area (Å²) in [5.74, 6) is 0.280. The average molecular weight is 274 g/mol. The molecule has 6 heteroatoms. The first-order chi connectivity index (χ1) is 9.59. The molecule has 0 bridgehead atoms. The number of aromatic nitrogens is 2. The number of halogens is 1. The molecule has 1 aliphatic heterocycles. The van der Waals surface area contributed by atoms with Gasteiger partial charge in [-0.3, -0.25) is 4.79 Å². The van der Waals surface area contributed by atoms with E-state index in [1.54, 1.807) is 24.1 Å². The first-order valence-electron chi connectivity index (χ1n) is 6.50. The monoisotopic (exact) mass is 274 g/mol. The van der Waals surface area contributed by atoms with Crippen LogP contribution in [-0.2, 0) is 4.79 Å². The average Bonchev–Trinajstić information content (AvgIpc) is 2.45. The van der Waals surface area contributed by atoms with Crippen molar-refractivity contribution in [2.75, 3.05) is 25.0 Å². The van der Waals surface area contributed by atoms with E-state index in [4.69, 9.17) is 0 Å². The zero-order valence-electron chi connectivity index (χ0n) is 11.4. The SMILES string of the molecule is CC1C(=O)N(C)CCN1c1ncnc2c(F)cccc12. The Morgan fingerprint density at radius 3 is 2.90 bits per heavy atom. The lowest BCUT2D eigenvalue weighted by molar-refractivity contribution is -0.132. The van der Waals surface area contributed by atoms with Crippen molar-refractivity contribution < 1.29 is 9.18 Å². The van der Waals surface area contributed by atoms with Gasteiger partial charge in [-0.1, -0.05) is 6.07 Å². The molecule has 0 spiro atoms. The Morgan fingerprint density at radius 2 is 2.10 bits per heavy atom. The lowest BCUT2D eigenvalue weighted by Gasteiger charge is -2.38. The largest absolute Gasteiger partial charge is 0.342 e. The van der Waals surface area contributed by atoms with Crippen molar-refractivity contribution in [1.82, 2.24) is 14.9 Å². The van der Waals surface area contributed by atoms with Gasteiger partial charge in [-0.2, -0.15) is 0 Å². The third kappa shape index (κ3) is 1.88. The van der Waals surface area contributed by atoms with Gasteiger partial charge in [0.1, 0.15) is 29.5 Å². The molecular weight excluding hydrogens is 259 g/mol. The first kappa shape index (κ1) is 12.8. The van der Waals surface area contributed by atoms with E-state index in [0.717, 1.165) is 0 Å². The zero-order valence-corrected chi connectivity index (χ0v) is 11.4. The predicted octanol–water partition coefficient (Wildman–Crippen LogP) is 1.44. The molecule has 1 aromatic heterocycles. The maximum atomic E-state index is 13.8. The van der Waals surface area contributed by atoms with Gasteiger partial charge in [-0.25, -0.2) is 14.4 Å². The van der Waals surface area contributed by atoms with Crippen LogP contribution in [0.3, 0.4) is 0 Å². The second-order valence-electron chi connectivity index (χ2n) is 4.96. The van der Waals surface area contributed by atoms with Gasteiger partial charge in [0.2, 0.25) is 5.91 Å². The third-order valence-corrected chi connectivity index (χ3v) is 3.74. The van der Waals surface area contributed by atoms with E-state index in [9.17, 15) is 9.18 Å². The number of rotatable bonds is 1. The molecule has 0 radical (unpaired) electrons. The molecule has 0 aliphatic carbocycles. The zero-order chi connectivity index (χ0) is 14.3. The Hall–Kier alpha value is -2.24. The van der Waals surface area contributed by atoms with Crippen molar-refractivity contribution >= 4 is 22.6 Å². The Labute approximate surface area is 116 Å². The van der Waals surface area contributed by atoms with Gasteiger partial charge in [0.05, 0.1) is 0 Å². The number of piperazine rings is 1. The van der Waals surface area contributed by atoms with Gasteiger partial charge in [-0.15, -0.1) is 0 Å². The summed E-state index contributed by atoms with van der Waals surface area (Å²) in [5.41, 5.74) is 0.288. The van der Waals surface area contributed by atoms with Crippen molar-refractivity contribution in [3.05, 3.63) is 30.3 Å². The van der Waals surface area contributed by atoms with Gasteiger partial charge < -0.3 is 9.80 Å². The Kier molecular flexibility index (Phi) is 3.00. The maximum Gasteiger partial charge on any atom is 0.244 e. The molecule has 1 atom stereocenters. The smallest absolute Gasteiger partial charge is 0.244 e. The van der Waals surface area contributed by atoms with Gasteiger partial charge in [-0.05, 0) is 19.1 Å². The molecule has 3 rings (SSSR count). The van der Waals surface area contributed by atoms with Crippen LogP contribution in [0.15, 0.2) is 24.5 Å². The number of carbonyl (C=O) groups excluding carboxylic acids is 1. The fourth-order valence-corrected chi connectivity index (χ4v) is 2.57. The number of nitrogens with zero attached hydrogens (tertiary/aromatic N) is 4. The normalized spacial score (nSPS) is 19.8. The highest BCUT2D eigenvalue weighted by atomic mass is 19.1. The highest BCUT2D eigenvalue weighted by molar-refractivity contribution is 5.93. The van der Waals surface area contributed by atoms with Crippen LogP contribution >= 0.6 is 0 Å². The first-order valence-corrected chi connectivity index (χ1v) is 6.50. The number of para-hydroxylation sites is 1. The summed E-state index contributed by atoms with van der Waals surface area (Å²) in [6, 6.07) is 4.48. The summed E-state index contributed by atoms with van der Waals surface area (Å²) in [6.45, 7) is 3.14. The standard InChI is InChI=1S/C14H15FN4O/c1-9-14(20)18(2)6-7-19(9)13-10-4-3-5-11(15)12(10)16-8-17-13/h3-5,8-9H,6-7H2,1-2H3. The number of hydrogen-bond acceptors (Lipinski definition) is 4. The fourth-order valence-electron chi connectivity index (χ4n) is 2.57. The van der Waals surface area contributed by atoms with Gasteiger partial charge in [0.15, 0.2) is 0 Å². The molecule has 1 aromatic carbocycles. The lowest BCUT2D eigenvalue weighted by Crippen LogP contribution is -2.54. The molecule has 1 saturated heterocycles. The van der Waals surface area contributed by atoms with Crippen LogP contribution in [0, 0.1) is 5.82 Å². The number of fused-ring (bicyclic) bond motifs is 1.